The van der Waals surface area contributed by atoms with Crippen LogP contribution in [0.15, 0.2) is 29.4 Å². The Morgan fingerprint density at radius 2 is 2.07 bits per heavy atom. The molecule has 2 aromatic rings. The third-order valence-electron chi connectivity index (χ3n) is 3.82. The minimum absolute atomic E-state index is 0.530. The first kappa shape index (κ1) is 21.2. The van der Waals surface area contributed by atoms with Gasteiger partial charge in [-0.25, -0.2) is 9.98 Å². The van der Waals surface area contributed by atoms with E-state index >= 15 is 0 Å². The zero-order valence-electron chi connectivity index (χ0n) is 16.7. The van der Waals surface area contributed by atoms with Crippen molar-refractivity contribution in [1.82, 2.24) is 15.6 Å². The van der Waals surface area contributed by atoms with Crippen molar-refractivity contribution in [3.63, 3.8) is 0 Å². The summed E-state index contributed by atoms with van der Waals surface area (Å²) >= 11 is 1.74. The van der Waals surface area contributed by atoms with Gasteiger partial charge in [0.1, 0.15) is 12.4 Å². The molecule has 0 aliphatic rings. The van der Waals surface area contributed by atoms with Gasteiger partial charge in [0.15, 0.2) is 5.96 Å². The smallest absolute Gasteiger partial charge is 0.191 e. The van der Waals surface area contributed by atoms with Crippen LogP contribution in [-0.2, 0) is 17.7 Å². The van der Waals surface area contributed by atoms with E-state index in [0.717, 1.165) is 41.8 Å². The van der Waals surface area contributed by atoms with Crippen LogP contribution in [0.1, 0.15) is 27.9 Å². The number of ether oxygens (including phenoxy) is 2. The molecule has 0 saturated heterocycles. The molecule has 6 nitrogen and oxygen atoms in total. The number of guanidine groups is 1. The maximum atomic E-state index is 5.85. The van der Waals surface area contributed by atoms with Gasteiger partial charge < -0.3 is 20.1 Å². The molecule has 1 aromatic heterocycles. The SMILES string of the molecule is CCNC(=NCc1ccc(C)cc1OCCOC)NCCc1ncc(C)s1. The second-order valence-corrected chi connectivity index (χ2v) is 7.51. The first-order chi connectivity index (χ1) is 13.1. The van der Waals surface area contributed by atoms with Gasteiger partial charge in [-0.05, 0) is 32.4 Å². The van der Waals surface area contributed by atoms with Crippen molar-refractivity contribution in [3.05, 3.63) is 45.4 Å². The average Bonchev–Trinajstić information content (AvgIpc) is 3.06. The van der Waals surface area contributed by atoms with E-state index in [1.165, 1.54) is 10.4 Å². The first-order valence-electron chi connectivity index (χ1n) is 9.27. The lowest BCUT2D eigenvalue weighted by atomic mass is 10.1. The molecule has 148 valence electrons. The summed E-state index contributed by atoms with van der Waals surface area (Å²) < 4.78 is 10.9. The monoisotopic (exact) mass is 390 g/mol. The zero-order chi connectivity index (χ0) is 19.5. The lowest BCUT2D eigenvalue weighted by Gasteiger charge is -2.13. The predicted octanol–water partition coefficient (Wildman–Crippen LogP) is 3.08. The standard InChI is InChI=1S/C20H30N4O2S/c1-5-21-20(22-9-8-19-23-13-16(3)27-19)24-14-17-7-6-15(2)12-18(17)26-11-10-25-4/h6-7,12-13H,5,8-11,14H2,1-4H3,(H2,21,22,24). The van der Waals surface area contributed by atoms with Crippen molar-refractivity contribution >= 4 is 17.3 Å². The summed E-state index contributed by atoms with van der Waals surface area (Å²) in [4.78, 5) is 10.3. The Labute approximate surface area is 166 Å². The number of nitrogens with one attached hydrogen (secondary N) is 2. The fraction of sp³-hybridized carbons (Fsp3) is 0.500. The highest BCUT2D eigenvalue weighted by atomic mass is 32.1. The Morgan fingerprint density at radius 3 is 2.78 bits per heavy atom. The summed E-state index contributed by atoms with van der Waals surface area (Å²) in [5.41, 5.74) is 2.23. The Morgan fingerprint density at radius 1 is 1.22 bits per heavy atom. The Kier molecular flexibility index (Phi) is 9.07. The van der Waals surface area contributed by atoms with Gasteiger partial charge in [-0.3, -0.25) is 0 Å². The van der Waals surface area contributed by atoms with E-state index in [0.29, 0.717) is 19.8 Å². The van der Waals surface area contributed by atoms with Crippen LogP contribution in [0.3, 0.4) is 0 Å². The molecule has 0 bridgehead atoms. The molecule has 0 aliphatic carbocycles. The van der Waals surface area contributed by atoms with Crippen LogP contribution in [0.2, 0.25) is 0 Å². The normalized spacial score (nSPS) is 11.5. The van der Waals surface area contributed by atoms with Crippen LogP contribution in [0, 0.1) is 13.8 Å². The van der Waals surface area contributed by atoms with Crippen molar-refractivity contribution in [2.75, 3.05) is 33.4 Å². The maximum Gasteiger partial charge on any atom is 0.191 e. The number of hydrogen-bond acceptors (Lipinski definition) is 5. The molecule has 2 rings (SSSR count). The van der Waals surface area contributed by atoms with Crippen LogP contribution in [0.4, 0.5) is 0 Å². The third kappa shape index (κ3) is 7.56. The highest BCUT2D eigenvalue weighted by Gasteiger charge is 2.06. The average molecular weight is 391 g/mol. The Balaban J connectivity index is 1.96. The maximum absolute atomic E-state index is 5.85. The van der Waals surface area contributed by atoms with Crippen LogP contribution in [-0.4, -0.2) is 44.4 Å². The van der Waals surface area contributed by atoms with E-state index in [4.69, 9.17) is 14.5 Å². The quantitative estimate of drug-likeness (QED) is 0.371. The number of aliphatic imine (C=N–C) groups is 1. The van der Waals surface area contributed by atoms with Crippen molar-refractivity contribution in [2.45, 2.75) is 33.7 Å². The van der Waals surface area contributed by atoms with Gasteiger partial charge in [-0.1, -0.05) is 12.1 Å². The van der Waals surface area contributed by atoms with Crippen LogP contribution in [0.25, 0.3) is 0 Å². The van der Waals surface area contributed by atoms with Gasteiger partial charge in [0.25, 0.3) is 0 Å². The Bertz CT molecular complexity index is 731. The number of benzene rings is 1. The molecule has 0 unspecified atom stereocenters. The zero-order valence-corrected chi connectivity index (χ0v) is 17.5. The number of methoxy groups -OCH3 is 1. The second-order valence-electron chi connectivity index (χ2n) is 6.19. The van der Waals surface area contributed by atoms with E-state index in [1.807, 2.05) is 12.3 Å². The van der Waals surface area contributed by atoms with Gasteiger partial charge in [0, 0.05) is 43.3 Å². The molecule has 2 N–H and O–H groups in total. The number of aromatic nitrogens is 1. The van der Waals surface area contributed by atoms with Crippen LogP contribution < -0.4 is 15.4 Å². The summed E-state index contributed by atoms with van der Waals surface area (Å²) in [6.07, 6.45) is 2.81. The minimum atomic E-state index is 0.530. The van der Waals surface area contributed by atoms with Crippen molar-refractivity contribution in [1.29, 1.82) is 0 Å². The molecule has 0 aliphatic heterocycles. The van der Waals surface area contributed by atoms with Crippen LogP contribution in [0.5, 0.6) is 5.75 Å². The highest BCUT2D eigenvalue weighted by molar-refractivity contribution is 7.11. The summed E-state index contributed by atoms with van der Waals surface area (Å²) in [5.74, 6) is 1.67. The van der Waals surface area contributed by atoms with Gasteiger partial charge in [-0.2, -0.15) is 0 Å². The summed E-state index contributed by atoms with van der Waals surface area (Å²) in [7, 11) is 1.67. The third-order valence-corrected chi connectivity index (χ3v) is 4.79. The molecule has 7 heteroatoms. The topological polar surface area (TPSA) is 67.8 Å². The Hall–Kier alpha value is -2.12. The van der Waals surface area contributed by atoms with E-state index < -0.39 is 0 Å². The minimum Gasteiger partial charge on any atom is -0.491 e. The van der Waals surface area contributed by atoms with Crippen molar-refractivity contribution < 1.29 is 9.47 Å². The number of hydrogen-bond donors (Lipinski definition) is 2. The van der Waals surface area contributed by atoms with Gasteiger partial charge in [-0.15, -0.1) is 11.3 Å². The molecule has 1 aromatic carbocycles. The van der Waals surface area contributed by atoms with E-state index in [9.17, 15) is 0 Å². The van der Waals surface area contributed by atoms with E-state index in [1.54, 1.807) is 18.4 Å². The fourth-order valence-corrected chi connectivity index (χ4v) is 3.26. The predicted molar refractivity (Wildman–Crippen MR) is 112 cm³/mol. The lowest BCUT2D eigenvalue weighted by Crippen LogP contribution is -2.38. The van der Waals surface area contributed by atoms with E-state index in [-0.39, 0.29) is 0 Å². The molecular weight excluding hydrogens is 360 g/mol. The lowest BCUT2D eigenvalue weighted by molar-refractivity contribution is 0.145. The fourth-order valence-electron chi connectivity index (χ4n) is 2.47. The highest BCUT2D eigenvalue weighted by Crippen LogP contribution is 2.21. The molecule has 0 saturated carbocycles. The molecule has 0 atom stereocenters. The number of nitrogens with zero attached hydrogens (tertiary/aromatic N) is 2. The largest absolute Gasteiger partial charge is 0.491 e. The van der Waals surface area contributed by atoms with Gasteiger partial charge in [0.05, 0.1) is 18.2 Å². The number of thiazole rings is 1. The summed E-state index contributed by atoms with van der Waals surface area (Å²) in [5, 5.41) is 7.81. The van der Waals surface area contributed by atoms with Crippen molar-refractivity contribution in [3.8, 4) is 5.75 Å². The van der Waals surface area contributed by atoms with Gasteiger partial charge >= 0.3 is 0 Å². The van der Waals surface area contributed by atoms with E-state index in [2.05, 4.69) is 48.5 Å². The molecule has 27 heavy (non-hydrogen) atoms. The summed E-state index contributed by atoms with van der Waals surface area (Å²) in [6, 6.07) is 6.20. The second kappa shape index (κ2) is 11.6. The molecule has 1 heterocycles. The van der Waals surface area contributed by atoms with Crippen molar-refractivity contribution in [2.24, 2.45) is 4.99 Å². The van der Waals surface area contributed by atoms with Crippen LogP contribution >= 0.6 is 11.3 Å². The molecule has 0 amide bonds. The summed E-state index contributed by atoms with van der Waals surface area (Å²) in [6.45, 7) is 9.45. The molecular formula is C20H30N4O2S. The van der Waals surface area contributed by atoms with Gasteiger partial charge in [0.2, 0.25) is 0 Å². The molecule has 0 fully saturated rings. The molecule has 0 spiro atoms. The molecule has 0 radical (unpaired) electrons. The number of rotatable bonds is 10. The first-order valence-corrected chi connectivity index (χ1v) is 10.1. The number of aryl methyl sites for hydroxylation is 2.